The van der Waals surface area contributed by atoms with Crippen molar-refractivity contribution in [3.63, 3.8) is 0 Å². The lowest BCUT2D eigenvalue weighted by Crippen LogP contribution is -2.24. The van der Waals surface area contributed by atoms with Gasteiger partial charge in [0.1, 0.15) is 0 Å². The molecule has 4 nitrogen and oxygen atoms in total. The van der Waals surface area contributed by atoms with E-state index in [4.69, 9.17) is 0 Å². The average molecular weight is 369 g/mol. The van der Waals surface area contributed by atoms with Crippen molar-refractivity contribution in [2.75, 3.05) is 0 Å². The monoisotopic (exact) mass is 368 g/mol. The zero-order chi connectivity index (χ0) is 15.4. The molecule has 1 aromatic heterocycles. The van der Waals surface area contributed by atoms with Crippen molar-refractivity contribution in [1.29, 1.82) is 0 Å². The van der Waals surface area contributed by atoms with Gasteiger partial charge in [0, 0.05) is 23.5 Å². The Labute approximate surface area is 136 Å². The van der Waals surface area contributed by atoms with Gasteiger partial charge in [0.15, 0.2) is 0 Å². The molecule has 1 heterocycles. The average Bonchev–Trinajstić information content (AvgIpc) is 2.94. The van der Waals surface area contributed by atoms with Crippen LogP contribution in [-0.4, -0.2) is 4.92 Å². The maximum Gasteiger partial charge on any atom is 0.283 e. The van der Waals surface area contributed by atoms with Crippen LogP contribution in [0.1, 0.15) is 30.3 Å². The highest BCUT2D eigenvalue weighted by Gasteiger charge is 2.17. The van der Waals surface area contributed by atoms with E-state index in [0.29, 0.717) is 16.9 Å². The zero-order valence-corrected chi connectivity index (χ0v) is 14.3. The van der Waals surface area contributed by atoms with Gasteiger partial charge in [0.25, 0.3) is 5.69 Å². The first-order chi connectivity index (χ1) is 9.99. The number of rotatable bonds is 6. The number of benzene rings is 1. The van der Waals surface area contributed by atoms with Crippen molar-refractivity contribution in [2.24, 2.45) is 5.92 Å². The summed E-state index contributed by atoms with van der Waals surface area (Å²) < 4.78 is 0.509. The van der Waals surface area contributed by atoms with E-state index in [9.17, 15) is 10.1 Å². The van der Waals surface area contributed by atoms with Gasteiger partial charge < -0.3 is 5.32 Å². The molecule has 1 atom stereocenters. The summed E-state index contributed by atoms with van der Waals surface area (Å²) in [6.07, 6.45) is 0. The molecular weight excluding hydrogens is 352 g/mol. The highest BCUT2D eigenvalue weighted by molar-refractivity contribution is 9.10. The van der Waals surface area contributed by atoms with Gasteiger partial charge in [-0.05, 0) is 44.9 Å². The van der Waals surface area contributed by atoms with E-state index in [1.54, 1.807) is 23.5 Å². The third-order valence-corrected chi connectivity index (χ3v) is 4.88. The van der Waals surface area contributed by atoms with E-state index >= 15 is 0 Å². The normalized spacial score (nSPS) is 12.6. The van der Waals surface area contributed by atoms with Crippen LogP contribution in [-0.2, 0) is 6.54 Å². The number of hydrogen-bond acceptors (Lipinski definition) is 4. The van der Waals surface area contributed by atoms with E-state index < -0.39 is 0 Å². The molecule has 0 bridgehead atoms. The first-order valence-electron chi connectivity index (χ1n) is 6.68. The molecule has 2 rings (SSSR count). The minimum Gasteiger partial charge on any atom is -0.305 e. The second-order valence-corrected chi connectivity index (χ2v) is 6.99. The lowest BCUT2D eigenvalue weighted by atomic mass is 10.0. The number of nitro groups is 1. The number of halogens is 1. The van der Waals surface area contributed by atoms with Crippen LogP contribution in [0, 0.1) is 16.0 Å². The maximum absolute atomic E-state index is 11.0. The molecule has 2 aromatic rings. The summed E-state index contributed by atoms with van der Waals surface area (Å²) in [4.78, 5) is 11.9. The van der Waals surface area contributed by atoms with Crippen LogP contribution in [0.4, 0.5) is 5.69 Å². The number of nitro benzene ring substituents is 1. The molecule has 0 saturated heterocycles. The molecule has 0 aliphatic heterocycles. The van der Waals surface area contributed by atoms with Crippen molar-refractivity contribution >= 4 is 33.0 Å². The summed E-state index contributed by atoms with van der Waals surface area (Å²) in [6.45, 7) is 4.94. The molecule has 0 amide bonds. The van der Waals surface area contributed by atoms with Crippen molar-refractivity contribution in [2.45, 2.75) is 26.4 Å². The third-order valence-electron chi connectivity index (χ3n) is 3.25. The molecule has 21 heavy (non-hydrogen) atoms. The van der Waals surface area contributed by atoms with E-state index in [1.807, 2.05) is 12.1 Å². The maximum atomic E-state index is 11.0. The van der Waals surface area contributed by atoms with Gasteiger partial charge in [0.2, 0.25) is 0 Å². The smallest absolute Gasteiger partial charge is 0.283 e. The molecule has 0 fully saturated rings. The van der Waals surface area contributed by atoms with Gasteiger partial charge >= 0.3 is 0 Å². The van der Waals surface area contributed by atoms with Gasteiger partial charge in [-0.1, -0.05) is 26.0 Å². The molecular formula is C15H17BrN2O2S. The van der Waals surface area contributed by atoms with Crippen LogP contribution in [0.15, 0.2) is 40.2 Å². The predicted octanol–water partition coefficient (Wildman–Crippen LogP) is 4.91. The first-order valence-corrected chi connectivity index (χ1v) is 8.36. The summed E-state index contributed by atoms with van der Waals surface area (Å²) in [7, 11) is 0. The van der Waals surface area contributed by atoms with E-state index in [-0.39, 0.29) is 16.7 Å². The van der Waals surface area contributed by atoms with Gasteiger partial charge in [0.05, 0.1) is 9.40 Å². The van der Waals surface area contributed by atoms with Crippen LogP contribution >= 0.6 is 27.3 Å². The summed E-state index contributed by atoms with van der Waals surface area (Å²) in [5.41, 5.74) is 1.01. The number of nitrogens with zero attached hydrogens (tertiary/aromatic N) is 1. The molecule has 1 N–H and O–H groups in total. The summed E-state index contributed by atoms with van der Waals surface area (Å²) >= 11 is 4.93. The van der Waals surface area contributed by atoms with Crippen LogP contribution in [0.3, 0.4) is 0 Å². The SMILES string of the molecule is CC(C)C(NCc1ccc(Br)c([N+](=O)[O-])c1)c1cccs1. The van der Waals surface area contributed by atoms with Crippen molar-refractivity contribution in [3.8, 4) is 0 Å². The zero-order valence-electron chi connectivity index (χ0n) is 11.9. The molecule has 1 aromatic carbocycles. The molecule has 0 saturated carbocycles. The fourth-order valence-electron chi connectivity index (χ4n) is 2.17. The Hall–Kier alpha value is -1.24. The minimum absolute atomic E-state index is 0.103. The Morgan fingerprint density at radius 2 is 2.14 bits per heavy atom. The van der Waals surface area contributed by atoms with Crippen molar-refractivity contribution < 1.29 is 4.92 Å². The molecule has 0 aliphatic rings. The molecule has 1 unspecified atom stereocenters. The fourth-order valence-corrected chi connectivity index (χ4v) is 3.53. The van der Waals surface area contributed by atoms with E-state index in [2.05, 4.69) is 46.5 Å². The van der Waals surface area contributed by atoms with Gasteiger partial charge in [-0.25, -0.2) is 0 Å². The van der Waals surface area contributed by atoms with Gasteiger partial charge in [-0.15, -0.1) is 11.3 Å². The Morgan fingerprint density at radius 1 is 1.38 bits per heavy atom. The largest absolute Gasteiger partial charge is 0.305 e. The second kappa shape index (κ2) is 7.15. The predicted molar refractivity (Wildman–Crippen MR) is 89.5 cm³/mol. The second-order valence-electron chi connectivity index (χ2n) is 5.16. The van der Waals surface area contributed by atoms with E-state index in [0.717, 1.165) is 5.56 Å². The number of hydrogen-bond donors (Lipinski definition) is 1. The summed E-state index contributed by atoms with van der Waals surface area (Å²) in [5.74, 6) is 0.453. The summed E-state index contributed by atoms with van der Waals surface area (Å²) in [6, 6.07) is 9.66. The van der Waals surface area contributed by atoms with Gasteiger partial charge in [-0.3, -0.25) is 10.1 Å². The Balaban J connectivity index is 2.11. The first kappa shape index (κ1) is 16.1. The number of nitrogens with one attached hydrogen (secondary N) is 1. The third kappa shape index (κ3) is 4.12. The highest BCUT2D eigenvalue weighted by atomic mass is 79.9. The van der Waals surface area contributed by atoms with Crippen LogP contribution in [0.2, 0.25) is 0 Å². The molecule has 6 heteroatoms. The van der Waals surface area contributed by atoms with E-state index in [1.165, 1.54) is 4.88 Å². The Bertz CT molecular complexity index is 614. The quantitative estimate of drug-likeness (QED) is 0.582. The minimum atomic E-state index is -0.368. The lowest BCUT2D eigenvalue weighted by molar-refractivity contribution is -0.385. The van der Waals surface area contributed by atoms with Crippen molar-refractivity contribution in [3.05, 3.63) is 60.7 Å². The molecule has 0 spiro atoms. The van der Waals surface area contributed by atoms with Gasteiger partial charge in [-0.2, -0.15) is 0 Å². The van der Waals surface area contributed by atoms with Crippen molar-refractivity contribution in [1.82, 2.24) is 5.32 Å². The molecule has 0 radical (unpaired) electrons. The van der Waals surface area contributed by atoms with Crippen LogP contribution in [0.5, 0.6) is 0 Å². The molecule has 112 valence electrons. The molecule has 0 aliphatic carbocycles. The fraction of sp³-hybridized carbons (Fsp3) is 0.333. The number of thiophene rings is 1. The Morgan fingerprint density at radius 3 is 2.71 bits per heavy atom. The highest BCUT2D eigenvalue weighted by Crippen LogP contribution is 2.28. The van der Waals surface area contributed by atoms with Crippen LogP contribution in [0.25, 0.3) is 0 Å². The van der Waals surface area contributed by atoms with Crippen LogP contribution < -0.4 is 5.32 Å². The summed E-state index contributed by atoms with van der Waals surface area (Å²) in [5, 5.41) is 16.5. The Kier molecular flexibility index (Phi) is 5.50. The standard InChI is InChI=1S/C15H17BrN2O2S/c1-10(2)15(14-4-3-7-21-14)17-9-11-5-6-12(16)13(8-11)18(19)20/h3-8,10,15,17H,9H2,1-2H3. The lowest BCUT2D eigenvalue weighted by Gasteiger charge is -2.21. The topological polar surface area (TPSA) is 55.2 Å².